The van der Waals surface area contributed by atoms with Crippen LogP contribution in [0.4, 0.5) is 0 Å². The van der Waals surface area contributed by atoms with Crippen LogP contribution in [0.1, 0.15) is 60.2 Å². The third kappa shape index (κ3) is 4.24. The standard InChI is InChI=1S/C15H18O3/c1-3-4-5-14(17)10-15(18)13-8-6-12(7-9-13)11(2)16/h6-9H,3-5,10H2,1-2H3. The summed E-state index contributed by atoms with van der Waals surface area (Å²) in [6.07, 6.45) is 2.20. The van der Waals surface area contributed by atoms with Crippen LogP contribution in [0.5, 0.6) is 0 Å². The van der Waals surface area contributed by atoms with Crippen LogP contribution in [0.25, 0.3) is 0 Å². The molecule has 0 aliphatic carbocycles. The summed E-state index contributed by atoms with van der Waals surface area (Å²) in [5.41, 5.74) is 1.06. The second-order valence-electron chi connectivity index (χ2n) is 4.38. The molecule has 1 aromatic carbocycles. The highest BCUT2D eigenvalue weighted by Crippen LogP contribution is 2.09. The predicted molar refractivity (Wildman–Crippen MR) is 69.9 cm³/mol. The fourth-order valence-corrected chi connectivity index (χ4v) is 1.63. The third-order valence-electron chi connectivity index (χ3n) is 2.78. The van der Waals surface area contributed by atoms with Gasteiger partial charge in [-0.25, -0.2) is 0 Å². The number of benzene rings is 1. The van der Waals surface area contributed by atoms with Gasteiger partial charge in [0.1, 0.15) is 5.78 Å². The number of rotatable bonds is 7. The van der Waals surface area contributed by atoms with Gasteiger partial charge in [0.25, 0.3) is 0 Å². The molecule has 0 spiro atoms. The maximum Gasteiger partial charge on any atom is 0.170 e. The predicted octanol–water partition coefficient (Wildman–Crippen LogP) is 3.22. The van der Waals surface area contributed by atoms with Gasteiger partial charge in [0, 0.05) is 17.5 Å². The Kier molecular flexibility index (Phi) is 5.43. The molecule has 0 aliphatic rings. The smallest absolute Gasteiger partial charge is 0.170 e. The Bertz CT molecular complexity index is 443. The SMILES string of the molecule is CCCCC(=O)CC(=O)c1ccc(C(C)=O)cc1. The summed E-state index contributed by atoms with van der Waals surface area (Å²) < 4.78 is 0. The lowest BCUT2D eigenvalue weighted by Gasteiger charge is -2.02. The van der Waals surface area contributed by atoms with Crippen molar-refractivity contribution in [3.63, 3.8) is 0 Å². The quantitative estimate of drug-likeness (QED) is 0.548. The molecule has 0 saturated carbocycles. The minimum Gasteiger partial charge on any atom is -0.299 e. The molecule has 0 amide bonds. The van der Waals surface area contributed by atoms with Gasteiger partial charge in [-0.15, -0.1) is 0 Å². The largest absolute Gasteiger partial charge is 0.299 e. The second-order valence-corrected chi connectivity index (χ2v) is 4.38. The Morgan fingerprint density at radius 1 is 1.00 bits per heavy atom. The molecular weight excluding hydrogens is 228 g/mol. The zero-order valence-corrected chi connectivity index (χ0v) is 10.9. The normalized spacial score (nSPS) is 10.1. The van der Waals surface area contributed by atoms with Crippen LogP contribution >= 0.6 is 0 Å². The van der Waals surface area contributed by atoms with Crippen molar-refractivity contribution in [2.45, 2.75) is 39.5 Å². The zero-order chi connectivity index (χ0) is 13.5. The molecular formula is C15H18O3. The number of Topliss-reactive ketones (excluding diaryl/α,β-unsaturated/α-hetero) is 3. The van der Waals surface area contributed by atoms with E-state index in [1.165, 1.54) is 6.92 Å². The van der Waals surface area contributed by atoms with Gasteiger partial charge in [-0.05, 0) is 13.3 Å². The lowest BCUT2D eigenvalue weighted by molar-refractivity contribution is -0.118. The fourth-order valence-electron chi connectivity index (χ4n) is 1.63. The molecule has 0 heterocycles. The molecule has 0 aromatic heterocycles. The van der Waals surface area contributed by atoms with E-state index in [1.54, 1.807) is 24.3 Å². The van der Waals surface area contributed by atoms with Gasteiger partial charge < -0.3 is 0 Å². The van der Waals surface area contributed by atoms with Crippen LogP contribution in [0.3, 0.4) is 0 Å². The average molecular weight is 246 g/mol. The summed E-state index contributed by atoms with van der Waals surface area (Å²) in [6, 6.07) is 6.44. The van der Waals surface area contributed by atoms with Crippen LogP contribution in [-0.4, -0.2) is 17.3 Å². The van der Waals surface area contributed by atoms with Gasteiger partial charge in [-0.3, -0.25) is 14.4 Å². The van der Waals surface area contributed by atoms with Crippen molar-refractivity contribution < 1.29 is 14.4 Å². The summed E-state index contributed by atoms with van der Waals surface area (Å²) >= 11 is 0. The highest BCUT2D eigenvalue weighted by molar-refractivity contribution is 6.08. The monoisotopic (exact) mass is 246 g/mol. The van der Waals surface area contributed by atoms with E-state index in [0.717, 1.165) is 12.8 Å². The van der Waals surface area contributed by atoms with E-state index in [-0.39, 0.29) is 23.8 Å². The summed E-state index contributed by atoms with van der Waals surface area (Å²) in [5.74, 6) is -0.225. The molecule has 0 bridgehead atoms. The molecule has 1 aromatic rings. The molecule has 0 unspecified atom stereocenters. The molecule has 0 N–H and O–H groups in total. The van der Waals surface area contributed by atoms with E-state index in [2.05, 4.69) is 0 Å². The Balaban J connectivity index is 2.61. The van der Waals surface area contributed by atoms with Crippen LogP contribution in [0, 0.1) is 0 Å². The number of hydrogen-bond donors (Lipinski definition) is 0. The minimum absolute atomic E-state index is 0.0162. The van der Waals surface area contributed by atoms with Crippen molar-refractivity contribution in [1.29, 1.82) is 0 Å². The average Bonchev–Trinajstić information content (AvgIpc) is 2.36. The first kappa shape index (κ1) is 14.3. The number of ketones is 3. The zero-order valence-electron chi connectivity index (χ0n) is 10.9. The summed E-state index contributed by atoms with van der Waals surface area (Å²) in [4.78, 5) is 34.4. The van der Waals surface area contributed by atoms with Gasteiger partial charge in [0.15, 0.2) is 11.6 Å². The number of unbranched alkanes of at least 4 members (excludes halogenated alkanes) is 1. The van der Waals surface area contributed by atoms with E-state index >= 15 is 0 Å². The molecule has 3 heteroatoms. The fraction of sp³-hybridized carbons (Fsp3) is 0.400. The Morgan fingerprint density at radius 2 is 1.56 bits per heavy atom. The van der Waals surface area contributed by atoms with Gasteiger partial charge in [0.2, 0.25) is 0 Å². The third-order valence-corrected chi connectivity index (χ3v) is 2.78. The number of carbonyl (C=O) groups is 3. The van der Waals surface area contributed by atoms with Crippen molar-refractivity contribution in [3.05, 3.63) is 35.4 Å². The summed E-state index contributed by atoms with van der Waals surface area (Å²) in [5, 5.41) is 0. The first-order chi connectivity index (χ1) is 8.54. The van der Waals surface area contributed by atoms with Crippen LogP contribution < -0.4 is 0 Å². The molecule has 96 valence electrons. The molecule has 18 heavy (non-hydrogen) atoms. The van der Waals surface area contributed by atoms with Gasteiger partial charge >= 0.3 is 0 Å². The molecule has 0 saturated heterocycles. The van der Waals surface area contributed by atoms with Crippen LogP contribution in [-0.2, 0) is 4.79 Å². The van der Waals surface area contributed by atoms with Crippen molar-refractivity contribution >= 4 is 17.3 Å². The Hall–Kier alpha value is -1.77. The van der Waals surface area contributed by atoms with Gasteiger partial charge in [0.05, 0.1) is 6.42 Å². The molecule has 0 atom stereocenters. The lowest BCUT2D eigenvalue weighted by Crippen LogP contribution is -2.08. The minimum atomic E-state index is -0.175. The van der Waals surface area contributed by atoms with Gasteiger partial charge in [-0.1, -0.05) is 37.6 Å². The first-order valence-electron chi connectivity index (χ1n) is 6.20. The van der Waals surface area contributed by atoms with E-state index in [9.17, 15) is 14.4 Å². The van der Waals surface area contributed by atoms with Crippen molar-refractivity contribution in [1.82, 2.24) is 0 Å². The number of carbonyl (C=O) groups excluding carboxylic acids is 3. The molecule has 3 nitrogen and oxygen atoms in total. The molecule has 0 radical (unpaired) electrons. The second kappa shape index (κ2) is 6.84. The topological polar surface area (TPSA) is 51.2 Å². The highest BCUT2D eigenvalue weighted by Gasteiger charge is 2.11. The first-order valence-corrected chi connectivity index (χ1v) is 6.20. The molecule has 1 rings (SSSR count). The Morgan fingerprint density at radius 3 is 2.06 bits per heavy atom. The van der Waals surface area contributed by atoms with Crippen molar-refractivity contribution in [2.24, 2.45) is 0 Å². The van der Waals surface area contributed by atoms with E-state index in [0.29, 0.717) is 17.5 Å². The van der Waals surface area contributed by atoms with Crippen LogP contribution in [0.2, 0.25) is 0 Å². The lowest BCUT2D eigenvalue weighted by atomic mass is 10.0. The van der Waals surface area contributed by atoms with Crippen molar-refractivity contribution in [2.75, 3.05) is 0 Å². The number of hydrogen-bond acceptors (Lipinski definition) is 3. The van der Waals surface area contributed by atoms with Crippen molar-refractivity contribution in [3.8, 4) is 0 Å². The van der Waals surface area contributed by atoms with E-state index in [4.69, 9.17) is 0 Å². The van der Waals surface area contributed by atoms with E-state index < -0.39 is 0 Å². The maximum absolute atomic E-state index is 11.8. The molecule has 0 fully saturated rings. The summed E-state index contributed by atoms with van der Waals surface area (Å²) in [7, 11) is 0. The highest BCUT2D eigenvalue weighted by atomic mass is 16.1. The summed E-state index contributed by atoms with van der Waals surface area (Å²) in [6.45, 7) is 3.49. The van der Waals surface area contributed by atoms with Crippen LogP contribution in [0.15, 0.2) is 24.3 Å². The Labute approximate surface area is 107 Å². The molecule has 0 aliphatic heterocycles. The van der Waals surface area contributed by atoms with Gasteiger partial charge in [-0.2, -0.15) is 0 Å². The van der Waals surface area contributed by atoms with E-state index in [1.807, 2.05) is 6.92 Å². The maximum atomic E-state index is 11.8.